The number of carbonyl (C=O) groups is 1. The normalized spacial score (nSPS) is 11.0. The van der Waals surface area contributed by atoms with Crippen molar-refractivity contribution in [3.63, 3.8) is 0 Å². The highest BCUT2D eigenvalue weighted by molar-refractivity contribution is 6.01. The number of hydrogen-bond acceptors (Lipinski definition) is 5. The van der Waals surface area contributed by atoms with E-state index in [0.29, 0.717) is 13.2 Å². The molecule has 0 spiro atoms. The van der Waals surface area contributed by atoms with Crippen LogP contribution in [0.15, 0.2) is 79.1 Å². The number of anilines is 1. The number of benzene rings is 2. The third-order valence-electron chi connectivity index (χ3n) is 4.58. The molecule has 1 amide bonds. The number of aromatic nitrogens is 1. The van der Waals surface area contributed by atoms with E-state index in [1.54, 1.807) is 18.5 Å². The lowest BCUT2D eigenvalue weighted by Gasteiger charge is -2.10. The van der Waals surface area contributed by atoms with E-state index in [1.807, 2.05) is 74.8 Å². The largest absolute Gasteiger partial charge is 0.494 e. The summed E-state index contributed by atoms with van der Waals surface area (Å²) in [5.74, 6) is 1.36. The van der Waals surface area contributed by atoms with Gasteiger partial charge >= 0.3 is 0 Å². The molecule has 6 heteroatoms. The fraction of sp³-hybridized carbons (Fsp3) is 0.231. The summed E-state index contributed by atoms with van der Waals surface area (Å²) in [6.45, 7) is 2.12. The van der Waals surface area contributed by atoms with Gasteiger partial charge in [-0.2, -0.15) is 0 Å². The van der Waals surface area contributed by atoms with Crippen molar-refractivity contribution in [1.82, 2.24) is 9.88 Å². The molecule has 0 unspecified atom stereocenters. The maximum Gasteiger partial charge on any atom is 0.248 e. The Bertz CT molecular complexity index is 985. The van der Waals surface area contributed by atoms with Crippen LogP contribution in [0.1, 0.15) is 17.5 Å². The number of pyridine rings is 1. The van der Waals surface area contributed by atoms with Gasteiger partial charge in [-0.15, -0.1) is 0 Å². The maximum atomic E-state index is 12.2. The lowest BCUT2D eigenvalue weighted by molar-refractivity contribution is -0.111. The van der Waals surface area contributed by atoms with Gasteiger partial charge in [0.1, 0.15) is 18.1 Å². The Hall–Kier alpha value is -3.64. The molecule has 0 fully saturated rings. The topological polar surface area (TPSA) is 63.7 Å². The minimum atomic E-state index is -0.193. The number of nitrogens with one attached hydrogen (secondary N) is 1. The quantitative estimate of drug-likeness (QED) is 0.354. The van der Waals surface area contributed by atoms with Crippen LogP contribution in [-0.2, 0) is 11.4 Å². The molecular formula is C26H29N3O3. The van der Waals surface area contributed by atoms with Crippen molar-refractivity contribution in [1.29, 1.82) is 0 Å². The number of hydrogen-bond donors (Lipinski definition) is 1. The summed E-state index contributed by atoms with van der Waals surface area (Å²) in [5.41, 5.74) is 2.65. The van der Waals surface area contributed by atoms with Gasteiger partial charge in [0, 0.05) is 36.3 Å². The molecule has 1 heterocycles. The SMILES string of the molecule is CN(C)CCCOc1ccc(NC(=O)/C=C/c2ccc(OCc3cccnc3)cc2)cc1. The number of rotatable bonds is 11. The molecule has 0 saturated carbocycles. The molecule has 3 rings (SSSR count). The monoisotopic (exact) mass is 431 g/mol. The Morgan fingerprint density at radius 2 is 1.72 bits per heavy atom. The Balaban J connectivity index is 1.42. The first-order valence-electron chi connectivity index (χ1n) is 10.6. The summed E-state index contributed by atoms with van der Waals surface area (Å²) in [4.78, 5) is 18.4. The van der Waals surface area contributed by atoms with Gasteiger partial charge in [-0.25, -0.2) is 0 Å². The molecule has 0 bridgehead atoms. The summed E-state index contributed by atoms with van der Waals surface area (Å²) < 4.78 is 11.5. The van der Waals surface area contributed by atoms with Crippen molar-refractivity contribution in [2.45, 2.75) is 13.0 Å². The second kappa shape index (κ2) is 12.3. The minimum Gasteiger partial charge on any atom is -0.494 e. The average molecular weight is 432 g/mol. The van der Waals surface area contributed by atoms with Crippen molar-refractivity contribution in [3.05, 3.63) is 90.3 Å². The molecule has 0 aliphatic rings. The first kappa shape index (κ1) is 23.0. The van der Waals surface area contributed by atoms with Crippen LogP contribution in [0.25, 0.3) is 6.08 Å². The van der Waals surface area contributed by atoms with Gasteiger partial charge in [-0.3, -0.25) is 9.78 Å². The van der Waals surface area contributed by atoms with E-state index in [2.05, 4.69) is 15.2 Å². The molecule has 2 aromatic carbocycles. The van der Waals surface area contributed by atoms with Crippen LogP contribution >= 0.6 is 0 Å². The summed E-state index contributed by atoms with van der Waals surface area (Å²) in [7, 11) is 4.08. The minimum absolute atomic E-state index is 0.193. The van der Waals surface area contributed by atoms with Crippen LogP contribution in [0.2, 0.25) is 0 Å². The van der Waals surface area contributed by atoms with Crippen LogP contribution in [0.3, 0.4) is 0 Å². The van der Waals surface area contributed by atoms with E-state index in [-0.39, 0.29) is 5.91 Å². The van der Waals surface area contributed by atoms with Crippen LogP contribution in [0, 0.1) is 0 Å². The van der Waals surface area contributed by atoms with Crippen LogP contribution < -0.4 is 14.8 Å². The molecule has 0 aliphatic carbocycles. The van der Waals surface area contributed by atoms with E-state index in [1.165, 1.54) is 6.08 Å². The number of amides is 1. The van der Waals surface area contributed by atoms with E-state index in [0.717, 1.165) is 41.3 Å². The highest BCUT2D eigenvalue weighted by Crippen LogP contribution is 2.17. The standard InChI is InChI=1S/C26H29N3O3/c1-29(2)17-4-18-31-24-13-9-23(10-14-24)28-26(30)15-8-21-6-11-25(12-7-21)32-20-22-5-3-16-27-19-22/h3,5-16,19H,4,17-18,20H2,1-2H3,(H,28,30)/b15-8+. The highest BCUT2D eigenvalue weighted by atomic mass is 16.5. The first-order valence-corrected chi connectivity index (χ1v) is 10.6. The van der Waals surface area contributed by atoms with Gasteiger partial charge in [0.2, 0.25) is 5.91 Å². The fourth-order valence-electron chi connectivity index (χ4n) is 2.89. The molecule has 0 atom stereocenters. The van der Waals surface area contributed by atoms with Gasteiger partial charge in [-0.05, 0) is 74.6 Å². The molecule has 1 aromatic heterocycles. The molecule has 0 aliphatic heterocycles. The van der Waals surface area contributed by atoms with Crippen molar-refractivity contribution < 1.29 is 14.3 Å². The van der Waals surface area contributed by atoms with E-state index in [4.69, 9.17) is 9.47 Å². The van der Waals surface area contributed by atoms with Gasteiger partial charge in [-0.1, -0.05) is 18.2 Å². The Kier molecular flexibility index (Phi) is 8.83. The molecule has 1 N–H and O–H groups in total. The molecule has 32 heavy (non-hydrogen) atoms. The zero-order chi connectivity index (χ0) is 22.6. The van der Waals surface area contributed by atoms with Crippen molar-refractivity contribution in [2.75, 3.05) is 32.6 Å². The zero-order valence-corrected chi connectivity index (χ0v) is 18.5. The lowest BCUT2D eigenvalue weighted by atomic mass is 10.2. The number of carbonyl (C=O) groups excluding carboxylic acids is 1. The van der Waals surface area contributed by atoms with Crippen LogP contribution in [0.4, 0.5) is 5.69 Å². The van der Waals surface area contributed by atoms with Gasteiger partial charge in [0.15, 0.2) is 0 Å². The highest BCUT2D eigenvalue weighted by Gasteiger charge is 2.01. The average Bonchev–Trinajstić information content (AvgIpc) is 2.81. The number of nitrogens with zero attached hydrogens (tertiary/aromatic N) is 2. The summed E-state index contributed by atoms with van der Waals surface area (Å²) in [5, 5.41) is 2.85. The number of ether oxygens (including phenoxy) is 2. The molecular weight excluding hydrogens is 402 g/mol. The third-order valence-corrected chi connectivity index (χ3v) is 4.58. The lowest BCUT2D eigenvalue weighted by Crippen LogP contribution is -2.15. The summed E-state index contributed by atoms with van der Waals surface area (Å²) >= 11 is 0. The summed E-state index contributed by atoms with van der Waals surface area (Å²) in [6.07, 6.45) is 7.76. The van der Waals surface area contributed by atoms with E-state index in [9.17, 15) is 4.79 Å². The molecule has 6 nitrogen and oxygen atoms in total. The third kappa shape index (κ3) is 8.24. The van der Waals surface area contributed by atoms with Crippen molar-refractivity contribution in [2.24, 2.45) is 0 Å². The predicted molar refractivity (Wildman–Crippen MR) is 128 cm³/mol. The van der Waals surface area contributed by atoms with E-state index < -0.39 is 0 Å². The smallest absolute Gasteiger partial charge is 0.248 e. The molecule has 0 radical (unpaired) electrons. The first-order chi connectivity index (χ1) is 15.6. The van der Waals surface area contributed by atoms with Gasteiger partial charge in [0.05, 0.1) is 6.61 Å². The zero-order valence-electron chi connectivity index (χ0n) is 18.5. The van der Waals surface area contributed by atoms with E-state index >= 15 is 0 Å². The fourth-order valence-corrected chi connectivity index (χ4v) is 2.89. The predicted octanol–water partition coefficient (Wildman–Crippen LogP) is 4.64. The second-order valence-corrected chi connectivity index (χ2v) is 7.57. The van der Waals surface area contributed by atoms with Gasteiger partial charge < -0.3 is 19.7 Å². The maximum absolute atomic E-state index is 12.2. The Morgan fingerprint density at radius 3 is 2.41 bits per heavy atom. The van der Waals surface area contributed by atoms with Crippen molar-refractivity contribution in [3.8, 4) is 11.5 Å². The van der Waals surface area contributed by atoms with Crippen LogP contribution in [-0.4, -0.2) is 43.0 Å². The summed E-state index contributed by atoms with van der Waals surface area (Å²) in [6, 6.07) is 18.8. The molecule has 0 saturated heterocycles. The molecule has 3 aromatic rings. The Morgan fingerprint density at radius 1 is 1.00 bits per heavy atom. The van der Waals surface area contributed by atoms with Gasteiger partial charge in [0.25, 0.3) is 0 Å². The Labute approximate surface area is 189 Å². The van der Waals surface area contributed by atoms with Crippen molar-refractivity contribution >= 4 is 17.7 Å². The second-order valence-electron chi connectivity index (χ2n) is 7.57. The van der Waals surface area contributed by atoms with Crippen LogP contribution in [0.5, 0.6) is 11.5 Å². The molecule has 166 valence electrons.